The van der Waals surface area contributed by atoms with Gasteiger partial charge in [0.15, 0.2) is 11.5 Å². The number of benzene rings is 1. The molecule has 1 aliphatic rings. The summed E-state index contributed by atoms with van der Waals surface area (Å²) in [5.41, 5.74) is 6.95. The van der Waals surface area contributed by atoms with Crippen LogP contribution in [0.2, 0.25) is 0 Å². The minimum atomic E-state index is 0.476. The highest BCUT2D eigenvalue weighted by molar-refractivity contribution is 5.91. The summed E-state index contributed by atoms with van der Waals surface area (Å²) in [6, 6.07) is 3.69. The van der Waals surface area contributed by atoms with E-state index in [1.807, 2.05) is 12.1 Å². The number of fused-ring (bicyclic) bond motifs is 1. The Hall–Kier alpha value is -2.24. The van der Waals surface area contributed by atoms with Crippen molar-refractivity contribution in [2.45, 2.75) is 26.2 Å². The van der Waals surface area contributed by atoms with Crippen molar-refractivity contribution in [3.63, 3.8) is 0 Å². The van der Waals surface area contributed by atoms with E-state index in [-0.39, 0.29) is 0 Å². The normalized spacial score (nSPS) is 18.2. The van der Waals surface area contributed by atoms with Gasteiger partial charge < -0.3 is 20.1 Å². The molecule has 6 heteroatoms. The summed E-state index contributed by atoms with van der Waals surface area (Å²) in [5.74, 6) is 3.17. The van der Waals surface area contributed by atoms with E-state index in [1.165, 1.54) is 19.3 Å². The van der Waals surface area contributed by atoms with Crippen molar-refractivity contribution < 1.29 is 9.47 Å². The maximum absolute atomic E-state index is 6.17. The van der Waals surface area contributed by atoms with Gasteiger partial charge in [-0.2, -0.15) is 4.98 Å². The van der Waals surface area contributed by atoms with Crippen LogP contribution in [0.3, 0.4) is 0 Å². The van der Waals surface area contributed by atoms with E-state index in [2.05, 4.69) is 16.8 Å². The molecule has 23 heavy (non-hydrogen) atoms. The molecule has 0 amide bonds. The van der Waals surface area contributed by atoms with Gasteiger partial charge in [-0.15, -0.1) is 0 Å². The first-order valence-electron chi connectivity index (χ1n) is 8.10. The minimum absolute atomic E-state index is 0.476. The van der Waals surface area contributed by atoms with Crippen LogP contribution in [0.5, 0.6) is 11.5 Å². The second-order valence-corrected chi connectivity index (χ2v) is 6.00. The third-order valence-electron chi connectivity index (χ3n) is 4.60. The van der Waals surface area contributed by atoms with Crippen molar-refractivity contribution in [1.29, 1.82) is 0 Å². The Morgan fingerprint density at radius 3 is 2.65 bits per heavy atom. The quantitative estimate of drug-likeness (QED) is 0.935. The van der Waals surface area contributed by atoms with Crippen LogP contribution in [0, 0.1) is 5.92 Å². The average Bonchev–Trinajstić information content (AvgIpc) is 2.60. The van der Waals surface area contributed by atoms with Crippen LogP contribution in [0.4, 0.5) is 11.8 Å². The highest BCUT2D eigenvalue weighted by atomic mass is 16.5. The Bertz CT molecular complexity index is 705. The third kappa shape index (κ3) is 2.98. The molecule has 0 aliphatic carbocycles. The number of methoxy groups -OCH3 is 2. The first-order valence-corrected chi connectivity index (χ1v) is 8.10. The van der Waals surface area contributed by atoms with E-state index in [1.54, 1.807) is 14.2 Å². The van der Waals surface area contributed by atoms with Crippen LogP contribution in [0.15, 0.2) is 12.1 Å². The number of anilines is 2. The van der Waals surface area contributed by atoms with Crippen molar-refractivity contribution in [3.8, 4) is 11.5 Å². The molecule has 0 bridgehead atoms. The van der Waals surface area contributed by atoms with E-state index in [0.717, 1.165) is 24.0 Å². The fourth-order valence-corrected chi connectivity index (χ4v) is 3.19. The molecule has 124 valence electrons. The molecule has 1 atom stereocenters. The summed E-state index contributed by atoms with van der Waals surface area (Å²) in [5, 5.41) is 0.787. The number of aromatic nitrogens is 2. The van der Waals surface area contributed by atoms with Crippen LogP contribution in [0.1, 0.15) is 26.2 Å². The maximum atomic E-state index is 6.17. The number of hydrogen-bond donors (Lipinski definition) is 1. The van der Waals surface area contributed by atoms with Gasteiger partial charge in [-0.05, 0) is 24.8 Å². The second-order valence-electron chi connectivity index (χ2n) is 6.00. The predicted octanol–water partition coefficient (Wildman–Crippen LogP) is 2.86. The molecule has 1 aliphatic heterocycles. The van der Waals surface area contributed by atoms with Gasteiger partial charge >= 0.3 is 0 Å². The number of nitrogen functional groups attached to an aromatic ring is 1. The monoisotopic (exact) mass is 316 g/mol. The molecule has 1 fully saturated rings. The standard InChI is InChI=1S/C17H24N4O2/c1-4-11-6-5-7-21(10-11)17-19-13-9-15(23-3)14(22-2)8-12(13)16(18)20-17/h8-9,11H,4-7,10H2,1-3H3,(H2,18,19,20). The Balaban J connectivity index is 2.03. The van der Waals surface area contributed by atoms with Crippen molar-refractivity contribution in [1.82, 2.24) is 9.97 Å². The van der Waals surface area contributed by atoms with Crippen LogP contribution in [0.25, 0.3) is 10.9 Å². The smallest absolute Gasteiger partial charge is 0.227 e. The van der Waals surface area contributed by atoms with E-state index in [0.29, 0.717) is 29.2 Å². The molecule has 0 radical (unpaired) electrons. The molecule has 1 saturated heterocycles. The molecule has 0 saturated carbocycles. The van der Waals surface area contributed by atoms with E-state index in [9.17, 15) is 0 Å². The molecule has 2 N–H and O–H groups in total. The zero-order chi connectivity index (χ0) is 16.4. The highest BCUT2D eigenvalue weighted by Gasteiger charge is 2.22. The van der Waals surface area contributed by atoms with Gasteiger partial charge in [0.25, 0.3) is 0 Å². The number of rotatable bonds is 4. The van der Waals surface area contributed by atoms with E-state index < -0.39 is 0 Å². The lowest BCUT2D eigenvalue weighted by Crippen LogP contribution is -2.36. The number of nitrogens with two attached hydrogens (primary N) is 1. The fourth-order valence-electron chi connectivity index (χ4n) is 3.19. The molecule has 2 heterocycles. The summed E-state index contributed by atoms with van der Waals surface area (Å²) in [4.78, 5) is 11.5. The van der Waals surface area contributed by atoms with Crippen LogP contribution in [-0.4, -0.2) is 37.3 Å². The second kappa shape index (κ2) is 6.48. The van der Waals surface area contributed by atoms with Crippen LogP contribution >= 0.6 is 0 Å². The molecule has 0 spiro atoms. The zero-order valence-electron chi connectivity index (χ0n) is 14.0. The lowest BCUT2D eigenvalue weighted by molar-refractivity contribution is 0.356. The molecule has 6 nitrogen and oxygen atoms in total. The summed E-state index contributed by atoms with van der Waals surface area (Å²) in [7, 11) is 3.22. The van der Waals surface area contributed by atoms with Crippen molar-refractivity contribution in [2.24, 2.45) is 5.92 Å². The molecule has 1 unspecified atom stereocenters. The van der Waals surface area contributed by atoms with Crippen molar-refractivity contribution in [2.75, 3.05) is 37.9 Å². The average molecular weight is 316 g/mol. The van der Waals surface area contributed by atoms with E-state index in [4.69, 9.17) is 20.2 Å². The summed E-state index contributed by atoms with van der Waals surface area (Å²) < 4.78 is 10.7. The lowest BCUT2D eigenvalue weighted by Gasteiger charge is -2.32. The van der Waals surface area contributed by atoms with Crippen LogP contribution in [-0.2, 0) is 0 Å². The van der Waals surface area contributed by atoms with Crippen LogP contribution < -0.4 is 20.1 Å². The zero-order valence-corrected chi connectivity index (χ0v) is 14.0. The minimum Gasteiger partial charge on any atom is -0.493 e. The SMILES string of the molecule is CCC1CCCN(c2nc(N)c3cc(OC)c(OC)cc3n2)C1. The van der Waals surface area contributed by atoms with Gasteiger partial charge in [0.05, 0.1) is 19.7 Å². The van der Waals surface area contributed by atoms with Gasteiger partial charge in [-0.25, -0.2) is 4.98 Å². The molecular weight excluding hydrogens is 292 g/mol. The molecule has 1 aromatic heterocycles. The first-order chi connectivity index (χ1) is 11.2. The third-order valence-corrected chi connectivity index (χ3v) is 4.60. The number of nitrogens with zero attached hydrogens (tertiary/aromatic N) is 3. The van der Waals surface area contributed by atoms with Crippen molar-refractivity contribution >= 4 is 22.7 Å². The number of ether oxygens (including phenoxy) is 2. The molecule has 1 aromatic carbocycles. The lowest BCUT2D eigenvalue weighted by atomic mass is 9.96. The molecular formula is C17H24N4O2. The highest BCUT2D eigenvalue weighted by Crippen LogP contribution is 2.34. The van der Waals surface area contributed by atoms with Gasteiger partial charge in [-0.1, -0.05) is 13.3 Å². The largest absolute Gasteiger partial charge is 0.493 e. The van der Waals surface area contributed by atoms with Gasteiger partial charge in [-0.3, -0.25) is 0 Å². The Morgan fingerprint density at radius 1 is 1.22 bits per heavy atom. The van der Waals surface area contributed by atoms with Gasteiger partial charge in [0.2, 0.25) is 5.95 Å². The first kappa shape index (κ1) is 15.6. The summed E-state index contributed by atoms with van der Waals surface area (Å²) in [6.07, 6.45) is 3.64. The van der Waals surface area contributed by atoms with Gasteiger partial charge in [0.1, 0.15) is 5.82 Å². The van der Waals surface area contributed by atoms with Crippen molar-refractivity contribution in [3.05, 3.63) is 12.1 Å². The summed E-state index contributed by atoms with van der Waals surface area (Å²) >= 11 is 0. The maximum Gasteiger partial charge on any atom is 0.227 e. The Kier molecular flexibility index (Phi) is 4.41. The predicted molar refractivity (Wildman–Crippen MR) is 92.3 cm³/mol. The topological polar surface area (TPSA) is 73.5 Å². The Morgan fingerprint density at radius 2 is 1.96 bits per heavy atom. The van der Waals surface area contributed by atoms with E-state index >= 15 is 0 Å². The Labute approximate surface area is 136 Å². The van der Waals surface area contributed by atoms with Gasteiger partial charge in [0, 0.05) is 24.5 Å². The number of hydrogen-bond acceptors (Lipinski definition) is 6. The summed E-state index contributed by atoms with van der Waals surface area (Å²) in [6.45, 7) is 4.21. The fraction of sp³-hybridized carbons (Fsp3) is 0.529. The number of piperidine rings is 1. The molecule has 2 aromatic rings. The molecule has 3 rings (SSSR count).